The van der Waals surface area contributed by atoms with E-state index in [0.29, 0.717) is 0 Å². The van der Waals surface area contributed by atoms with Crippen LogP contribution in [0.3, 0.4) is 0 Å². The molecule has 14 heavy (non-hydrogen) atoms. The number of ether oxygens (including phenoxy) is 2. The van der Waals surface area contributed by atoms with Crippen LogP contribution in [0.2, 0.25) is 5.15 Å². The first-order valence-electron chi connectivity index (χ1n) is 3.38. The molecule has 0 atom stereocenters. The van der Waals surface area contributed by atoms with Crippen LogP contribution in [0.15, 0.2) is 12.1 Å². The van der Waals surface area contributed by atoms with Crippen LogP contribution in [-0.2, 0) is 0 Å². The number of hydrogen-bond acceptors (Lipinski definition) is 3. The van der Waals surface area contributed by atoms with E-state index in [4.69, 9.17) is 16.3 Å². The molecule has 1 rings (SSSR count). The second-order valence-electron chi connectivity index (χ2n) is 2.19. The van der Waals surface area contributed by atoms with Crippen LogP contribution in [-0.4, -0.2) is 18.5 Å². The van der Waals surface area contributed by atoms with Crippen LogP contribution in [0, 0.1) is 0 Å². The average Bonchev–Trinajstić information content (AvgIpc) is 2.01. The zero-order valence-corrected chi connectivity index (χ0v) is 7.69. The summed E-state index contributed by atoms with van der Waals surface area (Å²) in [6.45, 7) is 0. The predicted octanol–water partition coefficient (Wildman–Crippen LogP) is 2.64. The molecule has 0 aliphatic heterocycles. The van der Waals surface area contributed by atoms with Crippen molar-refractivity contribution in [1.29, 1.82) is 0 Å². The summed E-state index contributed by atoms with van der Waals surface area (Å²) < 4.78 is 43.4. The minimum Gasteiger partial charge on any atom is -0.494 e. The normalized spacial score (nSPS) is 11.2. The molecular formula is C7H5ClF3NO2. The van der Waals surface area contributed by atoms with E-state index in [1.807, 2.05) is 0 Å². The van der Waals surface area contributed by atoms with Gasteiger partial charge in [0.2, 0.25) is 5.88 Å². The lowest BCUT2D eigenvalue weighted by molar-refractivity contribution is -0.276. The van der Waals surface area contributed by atoms with Gasteiger partial charge in [0.05, 0.1) is 7.11 Å². The quantitative estimate of drug-likeness (QED) is 0.728. The molecule has 7 heteroatoms. The van der Waals surface area contributed by atoms with Gasteiger partial charge in [-0.2, -0.15) is 4.98 Å². The number of methoxy groups -OCH3 is 1. The molecule has 0 aromatic carbocycles. The van der Waals surface area contributed by atoms with E-state index in [2.05, 4.69) is 9.72 Å². The van der Waals surface area contributed by atoms with Crippen LogP contribution in [0.4, 0.5) is 13.2 Å². The molecule has 0 saturated heterocycles. The molecule has 1 aromatic heterocycles. The van der Waals surface area contributed by atoms with Crippen molar-refractivity contribution in [3.05, 3.63) is 17.3 Å². The Hall–Kier alpha value is -1.17. The van der Waals surface area contributed by atoms with E-state index in [-0.39, 0.29) is 10.9 Å². The molecule has 0 aliphatic rings. The van der Waals surface area contributed by atoms with Crippen molar-refractivity contribution in [2.24, 2.45) is 0 Å². The van der Waals surface area contributed by atoms with Gasteiger partial charge in [-0.15, -0.1) is 13.2 Å². The second-order valence-corrected chi connectivity index (χ2v) is 2.55. The lowest BCUT2D eigenvalue weighted by Gasteiger charge is -2.08. The smallest absolute Gasteiger partial charge is 0.494 e. The van der Waals surface area contributed by atoms with Crippen LogP contribution >= 0.6 is 11.6 Å². The molecule has 0 aliphatic carbocycles. The molecule has 0 N–H and O–H groups in total. The third-order valence-corrected chi connectivity index (χ3v) is 1.50. The highest BCUT2D eigenvalue weighted by Gasteiger charge is 2.31. The molecule has 0 unspecified atom stereocenters. The topological polar surface area (TPSA) is 31.4 Å². The monoisotopic (exact) mass is 227 g/mol. The zero-order chi connectivity index (χ0) is 10.8. The number of rotatable bonds is 2. The minimum absolute atomic E-state index is 0.182. The Labute approximate surface area is 82.4 Å². The first-order chi connectivity index (χ1) is 6.42. The molecular weight excluding hydrogens is 223 g/mol. The van der Waals surface area contributed by atoms with Crippen LogP contribution < -0.4 is 9.47 Å². The molecule has 0 bridgehead atoms. The van der Waals surface area contributed by atoms with Crippen LogP contribution in [0.5, 0.6) is 11.6 Å². The molecule has 3 nitrogen and oxygen atoms in total. The summed E-state index contributed by atoms with van der Waals surface area (Å²) in [5.41, 5.74) is 0. The first kappa shape index (κ1) is 10.9. The van der Waals surface area contributed by atoms with E-state index in [9.17, 15) is 13.2 Å². The van der Waals surface area contributed by atoms with Gasteiger partial charge in [-0.3, -0.25) is 0 Å². The number of aromatic nitrogens is 1. The predicted molar refractivity (Wildman–Crippen MR) is 42.5 cm³/mol. The van der Waals surface area contributed by atoms with Crippen molar-refractivity contribution >= 4 is 11.6 Å². The summed E-state index contributed by atoms with van der Waals surface area (Å²) >= 11 is 5.47. The highest BCUT2D eigenvalue weighted by molar-refractivity contribution is 6.30. The fourth-order valence-electron chi connectivity index (χ4n) is 0.733. The molecule has 0 fully saturated rings. The lowest BCUT2D eigenvalue weighted by Crippen LogP contribution is -2.17. The Morgan fingerprint density at radius 2 is 2.00 bits per heavy atom. The van der Waals surface area contributed by atoms with Crippen molar-refractivity contribution in [2.75, 3.05) is 7.11 Å². The van der Waals surface area contributed by atoms with Gasteiger partial charge >= 0.3 is 6.36 Å². The van der Waals surface area contributed by atoms with Crippen molar-refractivity contribution in [1.82, 2.24) is 4.98 Å². The molecule has 0 saturated carbocycles. The number of pyridine rings is 1. The maximum atomic E-state index is 11.7. The fourth-order valence-corrected chi connectivity index (χ4v) is 0.956. The fraction of sp³-hybridized carbons (Fsp3) is 0.286. The molecule has 0 amide bonds. The summed E-state index contributed by atoms with van der Waals surface area (Å²) in [4.78, 5) is 3.33. The highest BCUT2D eigenvalue weighted by Crippen LogP contribution is 2.27. The van der Waals surface area contributed by atoms with Gasteiger partial charge in [0.1, 0.15) is 0 Å². The van der Waals surface area contributed by atoms with Gasteiger partial charge in [0.15, 0.2) is 10.9 Å². The van der Waals surface area contributed by atoms with Gasteiger partial charge in [-0.05, 0) is 6.07 Å². The van der Waals surface area contributed by atoms with Crippen LogP contribution in [0.25, 0.3) is 0 Å². The third-order valence-electron chi connectivity index (χ3n) is 1.23. The van der Waals surface area contributed by atoms with Gasteiger partial charge in [0.25, 0.3) is 0 Å². The molecule has 78 valence electrons. The van der Waals surface area contributed by atoms with Crippen molar-refractivity contribution in [3.8, 4) is 11.6 Å². The summed E-state index contributed by atoms with van der Waals surface area (Å²) in [6.07, 6.45) is -4.77. The zero-order valence-electron chi connectivity index (χ0n) is 6.93. The SMILES string of the molecule is COc1ccc(OC(F)(F)F)nc1Cl. The summed E-state index contributed by atoms with van der Waals surface area (Å²) in [7, 11) is 1.33. The maximum absolute atomic E-state index is 11.7. The van der Waals surface area contributed by atoms with E-state index < -0.39 is 12.2 Å². The van der Waals surface area contributed by atoms with Gasteiger partial charge in [-0.25, -0.2) is 0 Å². The van der Waals surface area contributed by atoms with Gasteiger partial charge in [-0.1, -0.05) is 11.6 Å². The Morgan fingerprint density at radius 3 is 2.43 bits per heavy atom. The largest absolute Gasteiger partial charge is 0.574 e. The van der Waals surface area contributed by atoms with E-state index in [1.54, 1.807) is 0 Å². The number of alkyl halides is 3. The Bertz CT molecular complexity index is 329. The highest BCUT2D eigenvalue weighted by atomic mass is 35.5. The van der Waals surface area contributed by atoms with Crippen LogP contribution in [0.1, 0.15) is 0 Å². The Balaban J connectivity index is 2.87. The Morgan fingerprint density at radius 1 is 1.36 bits per heavy atom. The molecule has 0 spiro atoms. The molecule has 1 heterocycles. The maximum Gasteiger partial charge on any atom is 0.574 e. The summed E-state index contributed by atoms with van der Waals surface area (Å²) in [5, 5.41) is -0.186. The van der Waals surface area contributed by atoms with Gasteiger partial charge in [0, 0.05) is 6.07 Å². The van der Waals surface area contributed by atoms with E-state index in [0.717, 1.165) is 6.07 Å². The standard InChI is InChI=1S/C7H5ClF3NO2/c1-13-4-2-3-5(12-6(4)8)14-7(9,10)11/h2-3H,1H3. The summed E-state index contributed by atoms with van der Waals surface area (Å²) in [6, 6.07) is 2.24. The molecule has 1 aromatic rings. The third kappa shape index (κ3) is 2.95. The number of nitrogens with zero attached hydrogens (tertiary/aromatic N) is 1. The summed E-state index contributed by atoms with van der Waals surface area (Å²) in [5.74, 6) is -0.440. The second kappa shape index (κ2) is 3.91. The molecule has 0 radical (unpaired) electrons. The van der Waals surface area contributed by atoms with Gasteiger partial charge < -0.3 is 9.47 Å². The number of halogens is 4. The first-order valence-corrected chi connectivity index (χ1v) is 3.76. The lowest BCUT2D eigenvalue weighted by atomic mass is 10.4. The average molecular weight is 228 g/mol. The van der Waals surface area contributed by atoms with Crippen molar-refractivity contribution < 1.29 is 22.6 Å². The Kier molecular flexibility index (Phi) is 3.05. The van der Waals surface area contributed by atoms with Crippen molar-refractivity contribution in [2.45, 2.75) is 6.36 Å². The minimum atomic E-state index is -4.77. The van der Waals surface area contributed by atoms with E-state index >= 15 is 0 Å². The van der Waals surface area contributed by atoms with E-state index in [1.165, 1.54) is 13.2 Å². The van der Waals surface area contributed by atoms with Crippen molar-refractivity contribution in [3.63, 3.8) is 0 Å². The number of hydrogen-bond donors (Lipinski definition) is 0.